The normalized spacial score (nSPS) is 10.4. The molecule has 0 bridgehead atoms. The van der Waals surface area contributed by atoms with Crippen molar-refractivity contribution >= 4 is 18.0 Å². The van der Waals surface area contributed by atoms with Gasteiger partial charge in [-0.2, -0.15) is 0 Å². The fourth-order valence-corrected chi connectivity index (χ4v) is 1.22. The van der Waals surface area contributed by atoms with Gasteiger partial charge in [-0.25, -0.2) is 4.79 Å². The van der Waals surface area contributed by atoms with Crippen LogP contribution in [0.3, 0.4) is 0 Å². The highest BCUT2D eigenvalue weighted by molar-refractivity contribution is 5.90. The topological polar surface area (TPSA) is 83.8 Å². The zero-order chi connectivity index (χ0) is 12.8. The number of carbonyl (C=O) groups excluding carboxylic acids is 1. The van der Waals surface area contributed by atoms with Crippen molar-refractivity contribution in [3.05, 3.63) is 35.4 Å². The Labute approximate surface area is 98.0 Å². The van der Waals surface area contributed by atoms with E-state index in [2.05, 4.69) is 4.74 Å². The van der Waals surface area contributed by atoms with E-state index in [0.717, 1.165) is 0 Å². The summed E-state index contributed by atoms with van der Waals surface area (Å²) in [6.07, 6.45) is 2.68. The molecule has 0 aliphatic rings. The van der Waals surface area contributed by atoms with Crippen LogP contribution in [0.4, 0.5) is 0 Å². The Hall–Kier alpha value is -2.30. The second-order valence-electron chi connectivity index (χ2n) is 3.27. The van der Waals surface area contributed by atoms with Gasteiger partial charge in [0.05, 0.1) is 19.1 Å². The van der Waals surface area contributed by atoms with Gasteiger partial charge in [0.1, 0.15) is 5.75 Å². The minimum Gasteiger partial charge on any atom is -0.507 e. The fraction of sp³-hybridized carbons (Fsp3) is 0.167. The Kier molecular flexibility index (Phi) is 4.28. The van der Waals surface area contributed by atoms with Crippen LogP contribution in [-0.4, -0.2) is 29.3 Å². The molecule has 0 spiro atoms. The number of aliphatic carboxylic acids is 1. The number of benzene rings is 1. The molecule has 2 N–H and O–H groups in total. The molecular weight excluding hydrogens is 224 g/mol. The molecule has 1 aromatic carbocycles. The molecule has 0 radical (unpaired) electrons. The number of ether oxygens (including phenoxy) is 1. The quantitative estimate of drug-likeness (QED) is 0.777. The van der Waals surface area contributed by atoms with Crippen LogP contribution in [0.2, 0.25) is 0 Å². The largest absolute Gasteiger partial charge is 0.507 e. The van der Waals surface area contributed by atoms with Crippen LogP contribution in [0.25, 0.3) is 6.08 Å². The predicted molar refractivity (Wildman–Crippen MR) is 60.7 cm³/mol. The van der Waals surface area contributed by atoms with Crippen molar-refractivity contribution in [3.63, 3.8) is 0 Å². The molecule has 1 aromatic rings. The number of carboxylic acids is 1. The Morgan fingerprint density at radius 1 is 1.41 bits per heavy atom. The first-order valence-corrected chi connectivity index (χ1v) is 4.84. The Morgan fingerprint density at radius 3 is 2.71 bits per heavy atom. The number of esters is 1. The monoisotopic (exact) mass is 236 g/mol. The summed E-state index contributed by atoms with van der Waals surface area (Å²) in [7, 11) is 1.26. The number of phenols is 1. The third-order valence-corrected chi connectivity index (χ3v) is 2.04. The summed E-state index contributed by atoms with van der Waals surface area (Å²) in [5.74, 6) is -1.51. The van der Waals surface area contributed by atoms with E-state index in [1.807, 2.05) is 0 Å². The standard InChI is InChI=1S/C12H12O5/c1-17-12(16)9-5-6-10(13)8(7-9)3-2-4-11(14)15/h2-3,5-7,13H,4H2,1H3,(H,14,15). The first kappa shape index (κ1) is 12.8. The molecule has 90 valence electrons. The van der Waals surface area contributed by atoms with Gasteiger partial charge >= 0.3 is 11.9 Å². The number of carboxylic acid groups (broad SMARTS) is 1. The molecule has 5 heteroatoms. The van der Waals surface area contributed by atoms with Crippen molar-refractivity contribution in [2.75, 3.05) is 7.11 Å². The SMILES string of the molecule is COC(=O)c1ccc(O)c(C=CCC(=O)O)c1. The van der Waals surface area contributed by atoms with Gasteiger partial charge in [-0.1, -0.05) is 12.2 Å². The molecule has 0 aliphatic heterocycles. The molecule has 0 unspecified atom stereocenters. The van der Waals surface area contributed by atoms with Gasteiger partial charge in [-0.05, 0) is 18.2 Å². The second kappa shape index (κ2) is 5.69. The highest BCUT2D eigenvalue weighted by Gasteiger charge is 2.07. The predicted octanol–water partition coefficient (Wildman–Crippen LogP) is 1.67. The maximum atomic E-state index is 11.2. The van der Waals surface area contributed by atoms with E-state index in [9.17, 15) is 14.7 Å². The van der Waals surface area contributed by atoms with Crippen molar-refractivity contribution in [1.29, 1.82) is 0 Å². The van der Waals surface area contributed by atoms with Gasteiger partial charge in [0.2, 0.25) is 0 Å². The zero-order valence-corrected chi connectivity index (χ0v) is 9.21. The second-order valence-corrected chi connectivity index (χ2v) is 3.27. The van der Waals surface area contributed by atoms with Crippen LogP contribution in [0, 0.1) is 0 Å². The number of rotatable bonds is 4. The first-order chi connectivity index (χ1) is 8.04. The van der Waals surface area contributed by atoms with E-state index in [4.69, 9.17) is 5.11 Å². The van der Waals surface area contributed by atoms with Crippen molar-refractivity contribution < 1.29 is 24.5 Å². The van der Waals surface area contributed by atoms with E-state index in [0.29, 0.717) is 11.1 Å². The van der Waals surface area contributed by atoms with Crippen molar-refractivity contribution in [1.82, 2.24) is 0 Å². The van der Waals surface area contributed by atoms with Gasteiger partial charge < -0.3 is 14.9 Å². The van der Waals surface area contributed by atoms with Crippen LogP contribution in [-0.2, 0) is 9.53 Å². The summed E-state index contributed by atoms with van der Waals surface area (Å²) in [6, 6.07) is 4.21. The van der Waals surface area contributed by atoms with E-state index >= 15 is 0 Å². The lowest BCUT2D eigenvalue weighted by Gasteiger charge is -2.02. The number of phenolic OH excluding ortho intramolecular Hbond substituents is 1. The van der Waals surface area contributed by atoms with Crippen molar-refractivity contribution in [2.24, 2.45) is 0 Å². The van der Waals surface area contributed by atoms with E-state index in [1.54, 1.807) is 0 Å². The minimum absolute atomic E-state index is 0.0284. The van der Waals surface area contributed by atoms with Crippen LogP contribution in [0.1, 0.15) is 22.3 Å². The molecular formula is C12H12O5. The highest BCUT2D eigenvalue weighted by atomic mass is 16.5. The molecule has 1 rings (SSSR count). The van der Waals surface area contributed by atoms with Crippen LogP contribution in [0.15, 0.2) is 24.3 Å². The molecule has 0 amide bonds. The lowest BCUT2D eigenvalue weighted by Crippen LogP contribution is -2.00. The van der Waals surface area contributed by atoms with Gasteiger partial charge in [0, 0.05) is 5.56 Å². The summed E-state index contributed by atoms with van der Waals surface area (Å²) in [4.78, 5) is 21.5. The summed E-state index contributed by atoms with van der Waals surface area (Å²) in [6.45, 7) is 0. The maximum Gasteiger partial charge on any atom is 0.337 e. The van der Waals surface area contributed by atoms with Crippen molar-refractivity contribution in [2.45, 2.75) is 6.42 Å². The summed E-state index contributed by atoms with van der Waals surface area (Å²) in [5, 5.41) is 18.0. The average molecular weight is 236 g/mol. The molecule has 0 fully saturated rings. The molecule has 0 aliphatic carbocycles. The molecule has 0 heterocycles. The summed E-state index contributed by atoms with van der Waals surface area (Å²) in [5.41, 5.74) is 0.662. The van der Waals surface area contributed by atoms with E-state index < -0.39 is 11.9 Å². The first-order valence-electron chi connectivity index (χ1n) is 4.84. The number of carbonyl (C=O) groups is 2. The smallest absolute Gasteiger partial charge is 0.337 e. The van der Waals surface area contributed by atoms with Gasteiger partial charge in [-0.3, -0.25) is 4.79 Å². The Balaban J connectivity index is 2.94. The summed E-state index contributed by atoms with van der Waals surface area (Å²) >= 11 is 0. The molecule has 5 nitrogen and oxygen atoms in total. The zero-order valence-electron chi connectivity index (χ0n) is 9.21. The fourth-order valence-electron chi connectivity index (χ4n) is 1.22. The van der Waals surface area contributed by atoms with Gasteiger partial charge in [0.15, 0.2) is 0 Å². The minimum atomic E-state index is -0.968. The molecule has 17 heavy (non-hydrogen) atoms. The molecule has 0 saturated carbocycles. The Morgan fingerprint density at radius 2 is 2.12 bits per heavy atom. The highest BCUT2D eigenvalue weighted by Crippen LogP contribution is 2.20. The van der Waals surface area contributed by atoms with E-state index in [1.165, 1.54) is 37.5 Å². The number of aromatic hydroxyl groups is 1. The van der Waals surface area contributed by atoms with E-state index in [-0.39, 0.29) is 12.2 Å². The van der Waals surface area contributed by atoms with Gasteiger partial charge in [0.25, 0.3) is 0 Å². The third-order valence-electron chi connectivity index (χ3n) is 2.04. The summed E-state index contributed by atoms with van der Waals surface area (Å²) < 4.78 is 4.54. The molecule has 0 aromatic heterocycles. The lowest BCUT2D eigenvalue weighted by atomic mass is 10.1. The molecule has 0 saturated heterocycles. The van der Waals surface area contributed by atoms with Crippen molar-refractivity contribution in [3.8, 4) is 5.75 Å². The van der Waals surface area contributed by atoms with Gasteiger partial charge in [-0.15, -0.1) is 0 Å². The molecule has 0 atom stereocenters. The average Bonchev–Trinajstić information content (AvgIpc) is 2.30. The van der Waals surface area contributed by atoms with Crippen LogP contribution in [0.5, 0.6) is 5.75 Å². The maximum absolute atomic E-state index is 11.2. The third kappa shape index (κ3) is 3.64. The lowest BCUT2D eigenvalue weighted by molar-refractivity contribution is -0.135. The number of hydrogen-bond donors (Lipinski definition) is 2. The number of hydrogen-bond acceptors (Lipinski definition) is 4. The van der Waals surface area contributed by atoms with Crippen LogP contribution < -0.4 is 0 Å². The van der Waals surface area contributed by atoms with Crippen LogP contribution >= 0.6 is 0 Å². The Bertz CT molecular complexity index is 462. The number of methoxy groups -OCH3 is 1.